The van der Waals surface area contributed by atoms with E-state index in [0.717, 1.165) is 27.8 Å². The number of carbonyl (C=O) groups is 4. The molecule has 0 radical (unpaired) electrons. The van der Waals surface area contributed by atoms with Gasteiger partial charge in [0.15, 0.2) is 12.4 Å². The lowest BCUT2D eigenvalue weighted by Gasteiger charge is -2.16. The first kappa shape index (κ1) is 33.6. The first-order chi connectivity index (χ1) is 24.3. The van der Waals surface area contributed by atoms with Crippen molar-refractivity contribution in [1.82, 2.24) is 4.98 Å². The van der Waals surface area contributed by atoms with Crippen molar-refractivity contribution in [3.63, 3.8) is 0 Å². The van der Waals surface area contributed by atoms with Gasteiger partial charge >= 0.3 is 5.97 Å². The van der Waals surface area contributed by atoms with E-state index in [9.17, 15) is 24.4 Å². The molecule has 0 saturated carbocycles. The van der Waals surface area contributed by atoms with E-state index in [-0.39, 0.29) is 29.0 Å². The zero-order valence-electron chi connectivity index (χ0n) is 27.0. The first-order valence-electron chi connectivity index (χ1n) is 15.4. The van der Waals surface area contributed by atoms with Crippen molar-refractivity contribution >= 4 is 41.0 Å². The van der Waals surface area contributed by atoms with Gasteiger partial charge in [-0.2, -0.15) is 5.26 Å². The van der Waals surface area contributed by atoms with Gasteiger partial charge in [-0.05, 0) is 72.3 Å². The number of ketones is 1. The smallest absolute Gasteiger partial charge is 0.338 e. The number of aromatic nitrogens is 1. The highest BCUT2D eigenvalue weighted by Crippen LogP contribution is 2.39. The second-order valence-electron chi connectivity index (χ2n) is 11.1. The molecule has 10 nitrogen and oxygen atoms in total. The molecule has 1 saturated heterocycles. The molecule has 2 heterocycles. The van der Waals surface area contributed by atoms with Crippen LogP contribution in [0.5, 0.6) is 11.5 Å². The number of hydrogen-bond donors (Lipinski definition) is 0. The Morgan fingerprint density at radius 2 is 1.46 bits per heavy atom. The molecule has 1 aliphatic heterocycles. The van der Waals surface area contributed by atoms with Gasteiger partial charge in [-0.15, -0.1) is 0 Å². The Balaban J connectivity index is 1.20. The Morgan fingerprint density at radius 3 is 2.08 bits per heavy atom. The lowest BCUT2D eigenvalue weighted by molar-refractivity contribution is -0.121. The molecule has 1 aliphatic rings. The van der Waals surface area contributed by atoms with E-state index >= 15 is 0 Å². The SMILES string of the molecule is COc1ccc(C(=O)COC(=O)c2ccc(N3C(=O)CC(Sc4nc(-c5ccccc5)cc(-c5ccc(OC)cc5)c4C#N)C3=O)cc2)cc1. The number of thioether (sulfide) groups is 1. The van der Waals surface area contributed by atoms with Gasteiger partial charge in [0.2, 0.25) is 11.8 Å². The van der Waals surface area contributed by atoms with Crippen molar-refractivity contribution in [2.24, 2.45) is 0 Å². The van der Waals surface area contributed by atoms with Crippen LogP contribution in [0.15, 0.2) is 114 Å². The van der Waals surface area contributed by atoms with Crippen molar-refractivity contribution in [1.29, 1.82) is 5.26 Å². The van der Waals surface area contributed by atoms with Crippen molar-refractivity contribution < 1.29 is 33.4 Å². The van der Waals surface area contributed by atoms with E-state index < -0.39 is 29.6 Å². The molecule has 5 aromatic rings. The zero-order chi connectivity index (χ0) is 35.2. The molecule has 11 heteroatoms. The number of hydrogen-bond acceptors (Lipinski definition) is 10. The summed E-state index contributed by atoms with van der Waals surface area (Å²) in [7, 11) is 3.09. The number of methoxy groups -OCH3 is 2. The molecule has 2 amide bonds. The maximum Gasteiger partial charge on any atom is 0.338 e. The Morgan fingerprint density at radius 1 is 0.840 bits per heavy atom. The number of rotatable bonds is 11. The Hall–Kier alpha value is -6.25. The first-order valence-corrected chi connectivity index (χ1v) is 16.3. The number of imide groups is 1. The molecule has 50 heavy (non-hydrogen) atoms. The summed E-state index contributed by atoms with van der Waals surface area (Å²) in [5.41, 5.74) is 3.91. The van der Waals surface area contributed by atoms with Gasteiger partial charge in [0.05, 0.1) is 42.0 Å². The summed E-state index contributed by atoms with van der Waals surface area (Å²) in [5, 5.41) is 9.80. The van der Waals surface area contributed by atoms with Crippen LogP contribution in [0, 0.1) is 11.3 Å². The largest absolute Gasteiger partial charge is 0.497 e. The summed E-state index contributed by atoms with van der Waals surface area (Å²) < 4.78 is 15.6. The molecule has 248 valence electrons. The average Bonchev–Trinajstić information content (AvgIpc) is 3.45. The highest BCUT2D eigenvalue weighted by atomic mass is 32.2. The van der Waals surface area contributed by atoms with Gasteiger partial charge in [0, 0.05) is 23.1 Å². The minimum Gasteiger partial charge on any atom is -0.497 e. The summed E-state index contributed by atoms with van der Waals surface area (Å²) in [6.07, 6.45) is -0.110. The van der Waals surface area contributed by atoms with Crippen LogP contribution in [0.4, 0.5) is 5.69 Å². The van der Waals surface area contributed by atoms with Gasteiger partial charge in [0.25, 0.3) is 0 Å². The molecule has 1 fully saturated rings. The zero-order valence-corrected chi connectivity index (χ0v) is 27.8. The summed E-state index contributed by atoms with van der Waals surface area (Å²) in [6, 6.07) is 33.1. The highest BCUT2D eigenvalue weighted by molar-refractivity contribution is 8.00. The number of nitrogens with zero attached hydrogens (tertiary/aromatic N) is 3. The standard InChI is InChI=1S/C39H29N3O7S/c1-47-29-16-10-24(11-17-29)31-20-33(25-6-4-3-5-7-25)41-37(32(31)22-40)50-35-21-36(44)42(38(35)45)28-14-8-27(9-15-28)39(46)49-23-34(43)26-12-18-30(48-2)19-13-26/h3-20,35H,21,23H2,1-2H3. The average molecular weight is 684 g/mol. The topological polar surface area (TPSA) is 136 Å². The van der Waals surface area contributed by atoms with Crippen LogP contribution >= 0.6 is 11.8 Å². The van der Waals surface area contributed by atoms with Crippen molar-refractivity contribution in [3.8, 4) is 40.0 Å². The quantitative estimate of drug-likeness (QED) is 0.0834. The Bertz CT molecular complexity index is 2110. The maximum atomic E-state index is 13.7. The number of carbonyl (C=O) groups excluding carboxylic acids is 4. The number of nitriles is 1. The third kappa shape index (κ3) is 7.11. The highest BCUT2D eigenvalue weighted by Gasteiger charge is 2.41. The fourth-order valence-corrected chi connectivity index (χ4v) is 6.52. The molecule has 1 atom stereocenters. The van der Waals surface area contributed by atoms with Crippen LogP contribution in [0.25, 0.3) is 22.4 Å². The number of anilines is 1. The number of ether oxygens (including phenoxy) is 3. The Labute approximate surface area is 292 Å². The van der Waals surface area contributed by atoms with Crippen LogP contribution in [0.3, 0.4) is 0 Å². The number of amides is 2. The summed E-state index contributed by atoms with van der Waals surface area (Å²) in [4.78, 5) is 57.9. The van der Waals surface area contributed by atoms with Crippen molar-refractivity contribution in [2.45, 2.75) is 16.7 Å². The van der Waals surface area contributed by atoms with Gasteiger partial charge in [0.1, 0.15) is 22.6 Å². The van der Waals surface area contributed by atoms with Crippen LogP contribution in [-0.4, -0.2) is 54.6 Å². The van der Waals surface area contributed by atoms with E-state index in [4.69, 9.17) is 19.2 Å². The van der Waals surface area contributed by atoms with E-state index in [1.165, 1.54) is 31.4 Å². The third-order valence-electron chi connectivity index (χ3n) is 8.04. The third-order valence-corrected chi connectivity index (χ3v) is 9.21. The van der Waals surface area contributed by atoms with Gasteiger partial charge in [-0.1, -0.05) is 54.2 Å². The fraction of sp³-hybridized carbons (Fsp3) is 0.128. The van der Waals surface area contributed by atoms with Crippen LogP contribution in [0.2, 0.25) is 0 Å². The van der Waals surface area contributed by atoms with E-state index in [2.05, 4.69) is 6.07 Å². The number of esters is 1. The van der Waals surface area contributed by atoms with Gasteiger partial charge in [-0.3, -0.25) is 14.4 Å². The predicted octanol–water partition coefficient (Wildman–Crippen LogP) is 6.77. The molecule has 0 bridgehead atoms. The second kappa shape index (κ2) is 14.9. The van der Waals surface area contributed by atoms with Crippen LogP contribution in [-0.2, 0) is 14.3 Å². The number of Topliss-reactive ketones (excluding diaryl/α,β-unsaturated/α-hetero) is 1. The van der Waals surface area contributed by atoms with E-state index in [1.807, 2.05) is 48.5 Å². The van der Waals surface area contributed by atoms with Crippen LogP contribution in [0.1, 0.15) is 32.7 Å². The van der Waals surface area contributed by atoms with E-state index in [1.54, 1.807) is 43.5 Å². The molecular formula is C39H29N3O7S. The predicted molar refractivity (Wildman–Crippen MR) is 187 cm³/mol. The second-order valence-corrected chi connectivity index (χ2v) is 12.3. The molecule has 0 aliphatic carbocycles. The lowest BCUT2D eigenvalue weighted by Crippen LogP contribution is -2.31. The maximum absolute atomic E-state index is 13.7. The molecule has 6 rings (SSSR count). The summed E-state index contributed by atoms with van der Waals surface area (Å²) in [6.45, 7) is -0.459. The fourth-order valence-electron chi connectivity index (χ4n) is 5.39. The minimum absolute atomic E-state index is 0.110. The lowest BCUT2D eigenvalue weighted by atomic mass is 9.99. The Kier molecular flexibility index (Phi) is 10.0. The monoisotopic (exact) mass is 683 g/mol. The van der Waals surface area contributed by atoms with Gasteiger partial charge in [-0.25, -0.2) is 14.7 Å². The molecule has 0 N–H and O–H groups in total. The molecule has 1 aromatic heterocycles. The number of benzene rings is 4. The van der Waals surface area contributed by atoms with E-state index in [0.29, 0.717) is 33.3 Å². The summed E-state index contributed by atoms with van der Waals surface area (Å²) >= 11 is 1.07. The molecule has 1 unspecified atom stereocenters. The minimum atomic E-state index is -0.842. The molecule has 4 aromatic carbocycles. The number of pyridine rings is 1. The molecule has 0 spiro atoms. The van der Waals surface area contributed by atoms with Gasteiger partial charge < -0.3 is 14.2 Å². The van der Waals surface area contributed by atoms with Crippen molar-refractivity contribution in [3.05, 3.63) is 126 Å². The normalized spacial score (nSPS) is 13.9. The molecular weight excluding hydrogens is 655 g/mol. The van der Waals surface area contributed by atoms with Crippen LogP contribution < -0.4 is 14.4 Å². The van der Waals surface area contributed by atoms with Crippen molar-refractivity contribution in [2.75, 3.05) is 25.7 Å². The summed E-state index contributed by atoms with van der Waals surface area (Å²) in [5.74, 6) is -0.749.